The standard InChI is InChI=1S/C20H19Cl2N5O3/c1-20(2,3)14-10-16(27-30-14)26-19(29)24-12-6-4-11(5-7-12)23-18(28)13-8-9-15(21)25-17(13)22/h4-10H,1-3H3,(H,23,28)(H2,24,26,27,29). The third-order valence-corrected chi connectivity index (χ3v) is 4.45. The van der Waals surface area contributed by atoms with Crippen molar-refractivity contribution in [3.05, 3.63) is 64.1 Å². The second-order valence-electron chi connectivity index (χ2n) is 7.41. The summed E-state index contributed by atoms with van der Waals surface area (Å²) in [6.07, 6.45) is 0. The molecule has 2 aromatic heterocycles. The minimum Gasteiger partial charge on any atom is -0.359 e. The normalized spacial score (nSPS) is 11.1. The first-order valence-corrected chi connectivity index (χ1v) is 9.66. The molecule has 0 atom stereocenters. The second kappa shape index (κ2) is 8.73. The van der Waals surface area contributed by atoms with E-state index in [1.165, 1.54) is 12.1 Å². The fraction of sp³-hybridized carbons (Fsp3) is 0.200. The quantitative estimate of drug-likeness (QED) is 0.452. The van der Waals surface area contributed by atoms with E-state index in [0.717, 1.165) is 0 Å². The number of carbonyl (C=O) groups excluding carboxylic acids is 2. The van der Waals surface area contributed by atoms with Gasteiger partial charge in [0.25, 0.3) is 5.91 Å². The highest BCUT2D eigenvalue weighted by Gasteiger charge is 2.20. The van der Waals surface area contributed by atoms with E-state index >= 15 is 0 Å². The molecule has 30 heavy (non-hydrogen) atoms. The van der Waals surface area contributed by atoms with E-state index in [4.69, 9.17) is 27.7 Å². The zero-order chi connectivity index (χ0) is 21.9. The van der Waals surface area contributed by atoms with Crippen molar-refractivity contribution >= 4 is 52.3 Å². The van der Waals surface area contributed by atoms with Gasteiger partial charge in [0.2, 0.25) is 0 Å². The van der Waals surface area contributed by atoms with Crippen LogP contribution in [-0.4, -0.2) is 22.1 Å². The first-order valence-electron chi connectivity index (χ1n) is 8.90. The summed E-state index contributed by atoms with van der Waals surface area (Å²) in [5, 5.41) is 12.0. The Morgan fingerprint density at radius 2 is 1.57 bits per heavy atom. The molecule has 3 amide bonds. The van der Waals surface area contributed by atoms with Gasteiger partial charge in [0.05, 0.1) is 5.56 Å². The van der Waals surface area contributed by atoms with Crippen LogP contribution >= 0.6 is 23.2 Å². The number of anilines is 3. The van der Waals surface area contributed by atoms with Crippen molar-refractivity contribution in [1.82, 2.24) is 10.1 Å². The Morgan fingerprint density at radius 3 is 2.13 bits per heavy atom. The molecule has 10 heteroatoms. The summed E-state index contributed by atoms with van der Waals surface area (Å²) in [5.41, 5.74) is 1.03. The number of hydrogen-bond acceptors (Lipinski definition) is 5. The molecule has 3 N–H and O–H groups in total. The fourth-order valence-electron chi connectivity index (χ4n) is 2.38. The van der Waals surface area contributed by atoms with Crippen LogP contribution in [-0.2, 0) is 5.41 Å². The molecule has 0 radical (unpaired) electrons. The van der Waals surface area contributed by atoms with Crippen LogP contribution in [0, 0.1) is 0 Å². The van der Waals surface area contributed by atoms with Gasteiger partial charge in [-0.25, -0.2) is 9.78 Å². The Kier molecular flexibility index (Phi) is 6.28. The molecule has 0 bridgehead atoms. The number of pyridine rings is 1. The lowest BCUT2D eigenvalue weighted by atomic mass is 9.93. The predicted octanol–water partition coefficient (Wildman–Crippen LogP) is 5.57. The zero-order valence-electron chi connectivity index (χ0n) is 16.4. The first kappa shape index (κ1) is 21.6. The highest BCUT2D eigenvalue weighted by atomic mass is 35.5. The summed E-state index contributed by atoms with van der Waals surface area (Å²) in [5.74, 6) is 0.548. The third-order valence-electron chi connectivity index (χ3n) is 3.95. The van der Waals surface area contributed by atoms with E-state index in [0.29, 0.717) is 23.0 Å². The summed E-state index contributed by atoms with van der Waals surface area (Å²) < 4.78 is 5.23. The Balaban J connectivity index is 1.58. The lowest BCUT2D eigenvalue weighted by Crippen LogP contribution is -2.19. The van der Waals surface area contributed by atoms with Crippen LogP contribution in [0.15, 0.2) is 47.0 Å². The van der Waals surface area contributed by atoms with Crippen molar-refractivity contribution in [1.29, 1.82) is 0 Å². The SMILES string of the molecule is CC(C)(C)c1cc(NC(=O)Nc2ccc(NC(=O)c3ccc(Cl)nc3Cl)cc2)no1. The molecule has 0 aliphatic rings. The number of carbonyl (C=O) groups is 2. The molecule has 0 aliphatic carbocycles. The summed E-state index contributed by atoms with van der Waals surface area (Å²) in [4.78, 5) is 28.3. The van der Waals surface area contributed by atoms with E-state index in [1.54, 1.807) is 30.3 Å². The highest BCUT2D eigenvalue weighted by molar-refractivity contribution is 6.35. The van der Waals surface area contributed by atoms with E-state index in [9.17, 15) is 9.59 Å². The largest absolute Gasteiger partial charge is 0.359 e. The van der Waals surface area contributed by atoms with Crippen LogP contribution in [0.5, 0.6) is 0 Å². The molecule has 8 nitrogen and oxygen atoms in total. The molecule has 1 aromatic carbocycles. The Hall–Kier alpha value is -3.10. The van der Waals surface area contributed by atoms with Crippen LogP contribution in [0.4, 0.5) is 22.0 Å². The summed E-state index contributed by atoms with van der Waals surface area (Å²) in [7, 11) is 0. The maximum absolute atomic E-state index is 12.3. The maximum atomic E-state index is 12.3. The molecule has 0 spiro atoms. The number of urea groups is 1. The maximum Gasteiger partial charge on any atom is 0.324 e. The van der Waals surface area contributed by atoms with Gasteiger partial charge in [-0.1, -0.05) is 49.1 Å². The van der Waals surface area contributed by atoms with Gasteiger partial charge < -0.3 is 15.2 Å². The Morgan fingerprint density at radius 1 is 0.933 bits per heavy atom. The monoisotopic (exact) mass is 447 g/mol. The van der Waals surface area contributed by atoms with Crippen molar-refractivity contribution in [3.63, 3.8) is 0 Å². The van der Waals surface area contributed by atoms with E-state index in [1.807, 2.05) is 20.8 Å². The number of halogens is 2. The average Bonchev–Trinajstić information content (AvgIpc) is 3.12. The highest BCUT2D eigenvalue weighted by Crippen LogP contribution is 2.24. The second-order valence-corrected chi connectivity index (χ2v) is 8.15. The van der Waals surface area contributed by atoms with E-state index in [2.05, 4.69) is 26.1 Å². The van der Waals surface area contributed by atoms with Crippen molar-refractivity contribution in [2.75, 3.05) is 16.0 Å². The smallest absolute Gasteiger partial charge is 0.324 e. The Bertz CT molecular complexity index is 1070. The van der Waals surface area contributed by atoms with Crippen LogP contribution in [0.1, 0.15) is 36.9 Å². The lowest BCUT2D eigenvalue weighted by molar-refractivity contribution is 0.102. The number of aromatic nitrogens is 2. The predicted molar refractivity (Wildman–Crippen MR) is 116 cm³/mol. The van der Waals surface area contributed by atoms with E-state index < -0.39 is 11.9 Å². The molecule has 0 saturated carbocycles. The van der Waals surface area contributed by atoms with Gasteiger partial charge in [0.1, 0.15) is 16.1 Å². The van der Waals surface area contributed by atoms with Crippen molar-refractivity contribution in [3.8, 4) is 0 Å². The average molecular weight is 448 g/mol. The lowest BCUT2D eigenvalue weighted by Gasteiger charge is -2.12. The molecule has 3 aromatic rings. The van der Waals surface area contributed by atoms with Gasteiger partial charge in [-0.15, -0.1) is 0 Å². The minimum atomic E-state index is -0.473. The molecule has 0 aliphatic heterocycles. The van der Waals surface area contributed by atoms with Gasteiger partial charge in [0.15, 0.2) is 5.82 Å². The molecular weight excluding hydrogens is 429 g/mol. The number of nitrogens with one attached hydrogen (secondary N) is 3. The molecule has 156 valence electrons. The van der Waals surface area contributed by atoms with E-state index in [-0.39, 0.29) is 21.3 Å². The van der Waals surface area contributed by atoms with Crippen molar-refractivity contribution < 1.29 is 14.1 Å². The summed E-state index contributed by atoms with van der Waals surface area (Å²) in [6, 6.07) is 10.7. The third kappa shape index (κ3) is 5.49. The molecule has 2 heterocycles. The van der Waals surface area contributed by atoms with Gasteiger partial charge >= 0.3 is 6.03 Å². The minimum absolute atomic E-state index is 0.0115. The summed E-state index contributed by atoms with van der Waals surface area (Å²) in [6.45, 7) is 5.94. The number of nitrogens with zero attached hydrogens (tertiary/aromatic N) is 2. The fourth-order valence-corrected chi connectivity index (χ4v) is 2.81. The van der Waals surface area contributed by atoms with Crippen LogP contribution in [0.2, 0.25) is 10.3 Å². The van der Waals surface area contributed by atoms with Gasteiger partial charge in [-0.3, -0.25) is 10.1 Å². The van der Waals surface area contributed by atoms with Gasteiger partial charge in [-0.2, -0.15) is 0 Å². The molecule has 0 fully saturated rings. The van der Waals surface area contributed by atoms with Crippen molar-refractivity contribution in [2.24, 2.45) is 0 Å². The first-order chi connectivity index (χ1) is 14.1. The van der Waals surface area contributed by atoms with Crippen LogP contribution in [0.25, 0.3) is 0 Å². The van der Waals surface area contributed by atoms with Crippen molar-refractivity contribution in [2.45, 2.75) is 26.2 Å². The number of hydrogen-bond donors (Lipinski definition) is 3. The molecule has 0 saturated heterocycles. The topological polar surface area (TPSA) is 109 Å². The Labute approximate surface area is 182 Å². The van der Waals surface area contributed by atoms with Gasteiger partial charge in [-0.05, 0) is 36.4 Å². The molecule has 0 unspecified atom stereocenters. The van der Waals surface area contributed by atoms with Crippen LogP contribution in [0.3, 0.4) is 0 Å². The number of benzene rings is 1. The number of rotatable bonds is 4. The molecule has 3 rings (SSSR count). The van der Waals surface area contributed by atoms with Crippen LogP contribution < -0.4 is 16.0 Å². The zero-order valence-corrected chi connectivity index (χ0v) is 17.9. The number of amides is 3. The van der Waals surface area contributed by atoms with Gasteiger partial charge in [0, 0.05) is 22.9 Å². The molecular formula is C20H19Cl2N5O3. The summed E-state index contributed by atoms with van der Waals surface area (Å²) >= 11 is 11.7.